The third kappa shape index (κ3) is 4.18. The third-order valence-electron chi connectivity index (χ3n) is 10.3. The topological polar surface area (TPSA) is 71.4 Å². The van der Waals surface area contributed by atoms with Gasteiger partial charge in [0, 0.05) is 17.1 Å². The molecule has 4 amide bonds. The van der Waals surface area contributed by atoms with Gasteiger partial charge < -0.3 is 4.57 Å². The van der Waals surface area contributed by atoms with Crippen LogP contribution in [-0.2, 0) is 21.4 Å². The zero-order chi connectivity index (χ0) is 28.5. The van der Waals surface area contributed by atoms with Crippen molar-refractivity contribution in [2.45, 2.75) is 71.1 Å². The molecule has 0 unspecified atom stereocenters. The number of carbonyl (C=O) groups excluding carboxylic acids is 3. The normalized spacial score (nSPS) is 28.1. The van der Waals surface area contributed by atoms with Crippen molar-refractivity contribution in [3.05, 3.63) is 88.2 Å². The van der Waals surface area contributed by atoms with Gasteiger partial charge in [-0.2, -0.15) is 0 Å². The number of aryl methyl sites for hydroxylation is 2. The maximum absolute atomic E-state index is 13.7. The summed E-state index contributed by atoms with van der Waals surface area (Å²) < 4.78 is 2.16. The van der Waals surface area contributed by atoms with Gasteiger partial charge in [-0.1, -0.05) is 37.3 Å². The quantitative estimate of drug-likeness (QED) is 0.282. The van der Waals surface area contributed by atoms with Gasteiger partial charge in [-0.3, -0.25) is 14.9 Å². The standard InChI is InChI=1S/C35H37N3O3/c1-4-26-7-5-6-8-31(26)37-21(2)13-27(22(37)3)17-30-32(39)36-34(41)38(33(30)40)29-11-9-28(10-12-29)35-18-23-14-24(19-35)16-25(15-23)20-35/h5-13,17,23-25H,4,14-16,18-20H2,1-3H3,(H,36,39,41)/b30-17+. The summed E-state index contributed by atoms with van der Waals surface area (Å²) in [6, 6.07) is 17.5. The number of hydrogen-bond acceptors (Lipinski definition) is 3. The molecule has 4 saturated carbocycles. The lowest BCUT2D eigenvalue weighted by Gasteiger charge is -2.57. The monoisotopic (exact) mass is 547 g/mol. The van der Waals surface area contributed by atoms with Crippen molar-refractivity contribution in [2.75, 3.05) is 4.90 Å². The number of anilines is 1. The summed E-state index contributed by atoms with van der Waals surface area (Å²) in [5.41, 5.74) is 7.03. The summed E-state index contributed by atoms with van der Waals surface area (Å²) in [5.74, 6) is 1.25. The van der Waals surface area contributed by atoms with E-state index < -0.39 is 17.8 Å². The molecule has 4 bridgehead atoms. The molecule has 1 N–H and O–H groups in total. The fourth-order valence-electron chi connectivity index (χ4n) is 8.81. The minimum absolute atomic E-state index is 0.0428. The highest BCUT2D eigenvalue weighted by molar-refractivity contribution is 6.39. The summed E-state index contributed by atoms with van der Waals surface area (Å²) in [4.78, 5) is 40.7. The van der Waals surface area contributed by atoms with E-state index in [0.29, 0.717) is 5.69 Å². The number of nitrogens with zero attached hydrogens (tertiary/aromatic N) is 2. The van der Waals surface area contributed by atoms with Crippen LogP contribution in [0.25, 0.3) is 11.8 Å². The summed E-state index contributed by atoms with van der Waals surface area (Å²) in [6.07, 6.45) is 10.4. The van der Waals surface area contributed by atoms with E-state index >= 15 is 0 Å². The fraction of sp³-hybridized carbons (Fsp3) is 0.400. The molecule has 2 heterocycles. The number of urea groups is 1. The second-order valence-electron chi connectivity index (χ2n) is 12.8. The number of benzene rings is 2. The molecular formula is C35H37N3O3. The van der Waals surface area contributed by atoms with Crippen molar-refractivity contribution in [3.8, 4) is 5.69 Å². The van der Waals surface area contributed by atoms with Crippen LogP contribution in [0.4, 0.5) is 10.5 Å². The Balaban J connectivity index is 1.20. The van der Waals surface area contributed by atoms with Crippen molar-refractivity contribution in [3.63, 3.8) is 0 Å². The number of nitrogens with one attached hydrogen (secondary N) is 1. The molecule has 6 heteroatoms. The van der Waals surface area contributed by atoms with Crippen LogP contribution in [0.3, 0.4) is 0 Å². The van der Waals surface area contributed by atoms with Gasteiger partial charge in [-0.15, -0.1) is 0 Å². The third-order valence-corrected chi connectivity index (χ3v) is 10.3. The van der Waals surface area contributed by atoms with Crippen LogP contribution in [0.1, 0.15) is 73.5 Å². The molecule has 1 saturated heterocycles. The lowest BCUT2D eigenvalue weighted by atomic mass is 9.48. The first-order valence-corrected chi connectivity index (χ1v) is 15.1. The second kappa shape index (κ2) is 9.57. The number of barbiturate groups is 1. The number of rotatable bonds is 5. The van der Waals surface area contributed by atoms with Crippen LogP contribution in [0, 0.1) is 31.6 Å². The Labute approximate surface area is 241 Å². The first kappa shape index (κ1) is 26.0. The molecule has 210 valence electrons. The average Bonchev–Trinajstić information content (AvgIpc) is 3.22. The van der Waals surface area contributed by atoms with Crippen LogP contribution in [0.15, 0.2) is 60.2 Å². The first-order chi connectivity index (χ1) is 19.8. The Kier molecular flexibility index (Phi) is 6.07. The predicted octanol–water partition coefficient (Wildman–Crippen LogP) is 6.79. The zero-order valence-electron chi connectivity index (χ0n) is 24.1. The molecule has 6 nitrogen and oxygen atoms in total. The van der Waals surface area contributed by atoms with E-state index in [0.717, 1.165) is 51.7 Å². The van der Waals surface area contributed by atoms with Gasteiger partial charge in [-0.25, -0.2) is 9.69 Å². The number of carbonyl (C=O) groups is 3. The summed E-state index contributed by atoms with van der Waals surface area (Å²) in [7, 11) is 0. The molecule has 8 rings (SSSR count). The Morgan fingerprint density at radius 3 is 2.17 bits per heavy atom. The maximum atomic E-state index is 13.7. The van der Waals surface area contributed by atoms with Crippen molar-refractivity contribution in [1.82, 2.24) is 9.88 Å². The lowest BCUT2D eigenvalue weighted by Crippen LogP contribution is -2.54. The van der Waals surface area contributed by atoms with Gasteiger partial charge in [0.05, 0.1) is 5.69 Å². The molecule has 1 aliphatic heterocycles. The predicted molar refractivity (Wildman–Crippen MR) is 160 cm³/mol. The molecular weight excluding hydrogens is 510 g/mol. The van der Waals surface area contributed by atoms with Crippen LogP contribution in [0.2, 0.25) is 0 Å². The van der Waals surface area contributed by atoms with Crippen molar-refractivity contribution >= 4 is 29.6 Å². The number of imide groups is 2. The van der Waals surface area contributed by atoms with Gasteiger partial charge >= 0.3 is 6.03 Å². The second-order valence-corrected chi connectivity index (χ2v) is 12.8. The van der Waals surface area contributed by atoms with Crippen molar-refractivity contribution < 1.29 is 14.4 Å². The van der Waals surface area contributed by atoms with E-state index in [1.165, 1.54) is 49.7 Å². The van der Waals surface area contributed by atoms with Crippen LogP contribution >= 0.6 is 0 Å². The lowest BCUT2D eigenvalue weighted by molar-refractivity contribution is -0.122. The van der Waals surface area contributed by atoms with E-state index in [-0.39, 0.29) is 11.0 Å². The highest BCUT2D eigenvalue weighted by atomic mass is 16.2. The summed E-state index contributed by atoms with van der Waals surface area (Å²) >= 11 is 0. The van der Waals surface area contributed by atoms with Crippen molar-refractivity contribution in [2.24, 2.45) is 17.8 Å². The molecule has 41 heavy (non-hydrogen) atoms. The number of aromatic nitrogens is 1. The van der Waals surface area contributed by atoms with E-state index in [2.05, 4.69) is 41.1 Å². The van der Waals surface area contributed by atoms with Gasteiger partial charge in [-0.05, 0) is 129 Å². The zero-order valence-corrected chi connectivity index (χ0v) is 24.1. The van der Waals surface area contributed by atoms with Gasteiger partial charge in [0.1, 0.15) is 5.57 Å². The smallest absolute Gasteiger partial charge is 0.318 e. The van der Waals surface area contributed by atoms with E-state index in [1.807, 2.05) is 44.2 Å². The Morgan fingerprint density at radius 1 is 0.902 bits per heavy atom. The number of amides is 4. The largest absolute Gasteiger partial charge is 0.335 e. The molecule has 2 aromatic carbocycles. The molecule has 3 aromatic rings. The molecule has 4 aliphatic carbocycles. The minimum atomic E-state index is -0.706. The fourth-order valence-corrected chi connectivity index (χ4v) is 8.81. The summed E-state index contributed by atoms with van der Waals surface area (Å²) in [5, 5.41) is 2.39. The Hall–Kier alpha value is -3.93. The van der Waals surface area contributed by atoms with Crippen LogP contribution in [0.5, 0.6) is 0 Å². The van der Waals surface area contributed by atoms with Gasteiger partial charge in [0.2, 0.25) is 0 Å². The van der Waals surface area contributed by atoms with E-state index in [4.69, 9.17) is 0 Å². The molecule has 1 aromatic heterocycles. The molecule has 5 fully saturated rings. The van der Waals surface area contributed by atoms with Gasteiger partial charge in [0.25, 0.3) is 11.8 Å². The highest BCUT2D eigenvalue weighted by Gasteiger charge is 2.51. The molecule has 5 aliphatic rings. The van der Waals surface area contributed by atoms with E-state index in [1.54, 1.807) is 6.08 Å². The Morgan fingerprint density at radius 2 is 1.54 bits per heavy atom. The molecule has 0 spiro atoms. The number of para-hydroxylation sites is 1. The SMILES string of the molecule is CCc1ccccc1-n1c(C)cc(/C=C2\C(=O)NC(=O)N(c3ccc(C45CC6CC(CC(C6)C4)C5)cc3)C2=O)c1C. The first-order valence-electron chi connectivity index (χ1n) is 15.1. The molecule has 0 radical (unpaired) electrons. The number of hydrogen-bond donors (Lipinski definition) is 1. The minimum Gasteiger partial charge on any atom is -0.318 e. The summed E-state index contributed by atoms with van der Waals surface area (Å²) in [6.45, 7) is 6.14. The van der Waals surface area contributed by atoms with E-state index in [9.17, 15) is 14.4 Å². The Bertz CT molecular complexity index is 1570. The van der Waals surface area contributed by atoms with Crippen LogP contribution in [-0.4, -0.2) is 22.4 Å². The molecule has 0 atom stereocenters. The highest BCUT2D eigenvalue weighted by Crippen LogP contribution is 2.60. The maximum Gasteiger partial charge on any atom is 0.335 e. The van der Waals surface area contributed by atoms with Gasteiger partial charge in [0.15, 0.2) is 0 Å². The van der Waals surface area contributed by atoms with Crippen LogP contribution < -0.4 is 10.2 Å². The average molecular weight is 548 g/mol. The van der Waals surface area contributed by atoms with Crippen molar-refractivity contribution in [1.29, 1.82) is 0 Å².